The van der Waals surface area contributed by atoms with Gasteiger partial charge in [0.05, 0.1) is 23.9 Å². The van der Waals surface area contributed by atoms with Gasteiger partial charge >= 0.3 is 0 Å². The first-order chi connectivity index (χ1) is 14.0. The van der Waals surface area contributed by atoms with Crippen molar-refractivity contribution in [2.24, 2.45) is 0 Å². The Kier molecular flexibility index (Phi) is 4.96. The lowest BCUT2D eigenvalue weighted by molar-refractivity contribution is -0.180. The van der Waals surface area contributed by atoms with Gasteiger partial charge in [-0.25, -0.2) is 0 Å². The average Bonchev–Trinajstić information content (AvgIpc) is 2.73. The van der Waals surface area contributed by atoms with Gasteiger partial charge in [0.15, 0.2) is 0 Å². The largest absolute Gasteiger partial charge is 0.461 e. The van der Waals surface area contributed by atoms with Crippen molar-refractivity contribution < 1.29 is 9.47 Å². The van der Waals surface area contributed by atoms with Crippen molar-refractivity contribution in [3.63, 3.8) is 0 Å². The Morgan fingerprint density at radius 1 is 1.17 bits per heavy atom. The van der Waals surface area contributed by atoms with E-state index in [1.807, 2.05) is 63.4 Å². The molecule has 2 heterocycles. The number of nitrogens with zero attached hydrogens (tertiary/aromatic N) is 2. The lowest BCUT2D eigenvalue weighted by atomic mass is 10.0. The lowest BCUT2D eigenvalue weighted by Gasteiger charge is -2.34. The van der Waals surface area contributed by atoms with Crippen LogP contribution in [0.3, 0.4) is 0 Å². The molecule has 1 aliphatic heterocycles. The van der Waals surface area contributed by atoms with Gasteiger partial charge in [-0.1, -0.05) is 36.4 Å². The van der Waals surface area contributed by atoms with E-state index < -0.39 is 5.79 Å². The summed E-state index contributed by atoms with van der Waals surface area (Å²) in [7, 11) is 0. The van der Waals surface area contributed by atoms with Gasteiger partial charge in [-0.3, -0.25) is 4.98 Å². The zero-order chi connectivity index (χ0) is 20.4. The van der Waals surface area contributed by atoms with Gasteiger partial charge in [0.1, 0.15) is 5.75 Å². The fourth-order valence-electron chi connectivity index (χ4n) is 3.46. The van der Waals surface area contributed by atoms with Gasteiger partial charge in [-0.2, -0.15) is 5.26 Å². The molecule has 146 valence electrons. The Morgan fingerprint density at radius 2 is 1.97 bits per heavy atom. The molecule has 0 aliphatic carbocycles. The maximum absolute atomic E-state index is 9.33. The number of rotatable bonds is 4. The van der Waals surface area contributed by atoms with E-state index in [1.54, 1.807) is 0 Å². The quantitative estimate of drug-likeness (QED) is 0.670. The smallest absolute Gasteiger partial charge is 0.205 e. The maximum atomic E-state index is 9.33. The van der Waals surface area contributed by atoms with Crippen LogP contribution in [0.15, 0.2) is 54.7 Å². The van der Waals surface area contributed by atoms with Crippen LogP contribution >= 0.6 is 0 Å². The number of ether oxygens (including phenoxy) is 2. The van der Waals surface area contributed by atoms with Gasteiger partial charge in [0.25, 0.3) is 0 Å². The second-order valence-electron chi connectivity index (χ2n) is 7.56. The SMILES string of the molecule is Cc1ncc(CNc2cc(C#N)ccc2-c2ccccc2)c2c1OC(C)(C)OC2. The van der Waals surface area contributed by atoms with Gasteiger partial charge in [-0.15, -0.1) is 0 Å². The molecule has 1 aromatic heterocycles. The first-order valence-corrected chi connectivity index (χ1v) is 9.60. The van der Waals surface area contributed by atoms with Crippen molar-refractivity contribution in [2.75, 3.05) is 5.32 Å². The highest BCUT2D eigenvalue weighted by molar-refractivity contribution is 5.79. The molecule has 2 aromatic carbocycles. The minimum Gasteiger partial charge on any atom is -0.461 e. The van der Waals surface area contributed by atoms with Crippen molar-refractivity contribution in [2.45, 2.75) is 39.7 Å². The van der Waals surface area contributed by atoms with Crippen LogP contribution in [0.2, 0.25) is 0 Å². The number of hydrogen-bond donors (Lipinski definition) is 1. The van der Waals surface area contributed by atoms with Crippen molar-refractivity contribution in [3.8, 4) is 22.9 Å². The minimum absolute atomic E-state index is 0.479. The van der Waals surface area contributed by atoms with E-state index in [0.717, 1.165) is 39.4 Å². The van der Waals surface area contributed by atoms with Crippen LogP contribution in [0.1, 0.15) is 36.2 Å². The molecule has 0 unspecified atom stereocenters. The van der Waals surface area contributed by atoms with Crippen molar-refractivity contribution in [1.29, 1.82) is 5.26 Å². The lowest BCUT2D eigenvalue weighted by Crippen LogP contribution is -2.36. The van der Waals surface area contributed by atoms with Gasteiger partial charge < -0.3 is 14.8 Å². The fraction of sp³-hybridized carbons (Fsp3) is 0.250. The van der Waals surface area contributed by atoms with Crippen LogP contribution in [0.5, 0.6) is 5.75 Å². The Balaban J connectivity index is 1.66. The van der Waals surface area contributed by atoms with Gasteiger partial charge in [0, 0.05) is 43.4 Å². The van der Waals surface area contributed by atoms with Crippen molar-refractivity contribution in [1.82, 2.24) is 4.98 Å². The van der Waals surface area contributed by atoms with Crippen LogP contribution < -0.4 is 10.1 Å². The molecule has 1 aliphatic rings. The number of pyridine rings is 1. The Morgan fingerprint density at radius 3 is 2.72 bits per heavy atom. The molecular weight excluding hydrogens is 362 g/mol. The molecule has 4 rings (SSSR count). The minimum atomic E-state index is -0.660. The zero-order valence-electron chi connectivity index (χ0n) is 16.8. The molecule has 0 radical (unpaired) electrons. The molecule has 5 heteroatoms. The predicted octanol–water partition coefficient (Wildman–Crippen LogP) is 5.19. The normalized spacial score (nSPS) is 14.4. The standard InChI is InChI=1S/C24H23N3O2/c1-16-23-21(15-28-24(2,3)29-23)19(13-26-16)14-27-22-11-17(12-25)9-10-20(22)18-7-5-4-6-8-18/h4-11,13,27H,14-15H2,1-3H3. The third-order valence-electron chi connectivity index (χ3n) is 5.02. The van der Waals surface area contributed by atoms with Crippen LogP contribution in [-0.4, -0.2) is 10.8 Å². The number of nitrogens with one attached hydrogen (secondary N) is 1. The molecule has 0 bridgehead atoms. The highest BCUT2D eigenvalue weighted by Crippen LogP contribution is 2.36. The number of aromatic nitrogens is 1. The van der Waals surface area contributed by atoms with Crippen molar-refractivity contribution >= 4 is 5.69 Å². The molecule has 29 heavy (non-hydrogen) atoms. The second-order valence-corrected chi connectivity index (χ2v) is 7.56. The molecule has 3 aromatic rings. The van der Waals surface area contributed by atoms with E-state index in [4.69, 9.17) is 9.47 Å². The number of anilines is 1. The molecule has 0 spiro atoms. The number of hydrogen-bond acceptors (Lipinski definition) is 5. The number of aryl methyl sites for hydroxylation is 1. The summed E-state index contributed by atoms with van der Waals surface area (Å²) in [4.78, 5) is 4.51. The summed E-state index contributed by atoms with van der Waals surface area (Å²) in [5, 5.41) is 12.8. The zero-order valence-corrected chi connectivity index (χ0v) is 16.8. The molecule has 0 saturated carbocycles. The van der Waals surface area contributed by atoms with Crippen LogP contribution in [0.4, 0.5) is 5.69 Å². The van der Waals surface area contributed by atoms with E-state index in [9.17, 15) is 5.26 Å². The van der Waals surface area contributed by atoms with E-state index in [-0.39, 0.29) is 0 Å². The Hall–Kier alpha value is -3.36. The van der Waals surface area contributed by atoms with E-state index in [0.29, 0.717) is 18.7 Å². The Labute approximate surface area is 170 Å². The van der Waals surface area contributed by atoms with Crippen molar-refractivity contribution in [3.05, 3.63) is 77.1 Å². The first-order valence-electron chi connectivity index (χ1n) is 9.60. The summed E-state index contributed by atoms with van der Waals surface area (Å²) in [6.45, 7) is 6.78. The monoisotopic (exact) mass is 385 g/mol. The van der Waals surface area contributed by atoms with Crippen LogP contribution in [0, 0.1) is 18.3 Å². The Bertz CT molecular complexity index is 1090. The second kappa shape index (κ2) is 7.57. The molecule has 0 atom stereocenters. The third-order valence-corrected chi connectivity index (χ3v) is 5.02. The number of benzene rings is 2. The number of fused-ring (bicyclic) bond motifs is 1. The average molecular weight is 385 g/mol. The summed E-state index contributed by atoms with van der Waals surface area (Å²) in [5.41, 5.74) is 6.55. The third kappa shape index (κ3) is 3.94. The van der Waals surface area contributed by atoms with E-state index in [1.165, 1.54) is 0 Å². The molecular formula is C24H23N3O2. The molecule has 0 saturated heterocycles. The molecule has 5 nitrogen and oxygen atoms in total. The summed E-state index contributed by atoms with van der Waals surface area (Å²) in [6, 6.07) is 18.0. The predicted molar refractivity (Wildman–Crippen MR) is 112 cm³/mol. The van der Waals surface area contributed by atoms with Gasteiger partial charge in [0.2, 0.25) is 5.79 Å². The fourth-order valence-corrected chi connectivity index (χ4v) is 3.46. The molecule has 0 fully saturated rings. The summed E-state index contributed by atoms with van der Waals surface area (Å²) in [5.74, 6) is 0.141. The highest BCUT2D eigenvalue weighted by atomic mass is 16.7. The maximum Gasteiger partial charge on any atom is 0.205 e. The highest BCUT2D eigenvalue weighted by Gasteiger charge is 2.30. The molecule has 1 N–H and O–H groups in total. The molecule has 0 amide bonds. The summed E-state index contributed by atoms with van der Waals surface area (Å²) in [6.07, 6.45) is 1.86. The first kappa shape index (κ1) is 19.0. The van der Waals surface area contributed by atoms with E-state index in [2.05, 4.69) is 28.5 Å². The summed E-state index contributed by atoms with van der Waals surface area (Å²) >= 11 is 0. The number of nitriles is 1. The topological polar surface area (TPSA) is 67.2 Å². The van der Waals surface area contributed by atoms with E-state index >= 15 is 0 Å². The van der Waals surface area contributed by atoms with Crippen LogP contribution in [-0.2, 0) is 17.9 Å². The van der Waals surface area contributed by atoms with Gasteiger partial charge in [-0.05, 0) is 30.2 Å². The van der Waals surface area contributed by atoms with Crippen LogP contribution in [0.25, 0.3) is 11.1 Å². The summed E-state index contributed by atoms with van der Waals surface area (Å²) < 4.78 is 11.9.